The van der Waals surface area contributed by atoms with Crippen molar-refractivity contribution >= 4 is 17.7 Å². The molecule has 0 saturated heterocycles. The first-order chi connectivity index (χ1) is 12.9. The number of nitrogens with one attached hydrogen (secondary N) is 1. The van der Waals surface area contributed by atoms with Gasteiger partial charge in [0.15, 0.2) is 11.6 Å². The predicted molar refractivity (Wildman–Crippen MR) is 93.5 cm³/mol. The molecular formula is C19H15FN2O5. The van der Waals surface area contributed by atoms with Gasteiger partial charge in [-0.1, -0.05) is 12.1 Å². The van der Waals surface area contributed by atoms with E-state index in [0.29, 0.717) is 11.3 Å². The molecule has 1 atom stereocenters. The van der Waals surface area contributed by atoms with E-state index in [4.69, 9.17) is 15.1 Å². The van der Waals surface area contributed by atoms with Gasteiger partial charge in [-0.05, 0) is 42.0 Å². The first-order valence-corrected chi connectivity index (χ1v) is 7.74. The summed E-state index contributed by atoms with van der Waals surface area (Å²) in [6.45, 7) is 0. The highest BCUT2D eigenvalue weighted by Gasteiger charge is 2.18. The molecule has 0 unspecified atom stereocenters. The lowest BCUT2D eigenvalue weighted by Crippen LogP contribution is -2.17. The number of phenols is 1. The molecule has 0 heterocycles. The van der Waals surface area contributed by atoms with Gasteiger partial charge >= 0.3 is 12.1 Å². The number of aromatic hydroxyl groups is 1. The Morgan fingerprint density at radius 2 is 1.96 bits per heavy atom. The van der Waals surface area contributed by atoms with Crippen LogP contribution >= 0.6 is 0 Å². The molecule has 0 saturated carbocycles. The Kier molecular flexibility index (Phi) is 6.49. The fourth-order valence-electron chi connectivity index (χ4n) is 2.17. The average molecular weight is 370 g/mol. The lowest BCUT2D eigenvalue weighted by molar-refractivity contribution is -0.131. The summed E-state index contributed by atoms with van der Waals surface area (Å²) in [7, 11) is 0. The first-order valence-electron chi connectivity index (χ1n) is 7.74. The monoisotopic (exact) mass is 370 g/mol. The van der Waals surface area contributed by atoms with Gasteiger partial charge < -0.3 is 14.9 Å². The van der Waals surface area contributed by atoms with Crippen LogP contribution in [0.3, 0.4) is 0 Å². The Labute approximate surface area is 153 Å². The van der Waals surface area contributed by atoms with Crippen molar-refractivity contribution in [3.63, 3.8) is 0 Å². The number of benzene rings is 2. The molecule has 138 valence electrons. The molecule has 0 aliphatic carbocycles. The van der Waals surface area contributed by atoms with Crippen molar-refractivity contribution < 1.29 is 28.9 Å². The number of anilines is 1. The molecule has 8 heteroatoms. The van der Waals surface area contributed by atoms with Gasteiger partial charge in [-0.15, -0.1) is 0 Å². The number of halogens is 1. The molecule has 2 rings (SSSR count). The fraction of sp³-hybridized carbons (Fsp3) is 0.105. The Morgan fingerprint density at radius 3 is 2.56 bits per heavy atom. The van der Waals surface area contributed by atoms with Gasteiger partial charge in [-0.2, -0.15) is 5.26 Å². The number of hydrogen-bond acceptors (Lipinski definition) is 5. The summed E-state index contributed by atoms with van der Waals surface area (Å²) in [5, 5.41) is 29.2. The van der Waals surface area contributed by atoms with Crippen molar-refractivity contribution in [2.45, 2.75) is 12.5 Å². The standard InChI is InChI=1S/C19H15FN2O5/c20-15-10-13(6-9-16(15)23)17(2-1-3-18(24)25)27-19(26)22-14-7-4-12(11-21)5-8-14/h1,3-10,17,23H,2H2,(H,22,26)(H,24,25)/b3-1+/t17-/m1/s1. The van der Waals surface area contributed by atoms with E-state index in [1.807, 2.05) is 6.07 Å². The number of hydrogen-bond donors (Lipinski definition) is 3. The molecule has 0 aromatic heterocycles. The number of amides is 1. The van der Waals surface area contributed by atoms with Crippen LogP contribution in [-0.2, 0) is 9.53 Å². The van der Waals surface area contributed by atoms with Crippen LogP contribution in [0.25, 0.3) is 0 Å². The SMILES string of the molecule is N#Cc1ccc(NC(=O)O[C@H](C/C=C/C(=O)O)c2ccc(O)c(F)c2)cc1. The number of carbonyl (C=O) groups excluding carboxylic acids is 1. The highest BCUT2D eigenvalue weighted by molar-refractivity contribution is 5.84. The lowest BCUT2D eigenvalue weighted by Gasteiger charge is -2.17. The van der Waals surface area contributed by atoms with Crippen LogP contribution in [0.2, 0.25) is 0 Å². The van der Waals surface area contributed by atoms with Crippen LogP contribution in [0.4, 0.5) is 14.9 Å². The van der Waals surface area contributed by atoms with Crippen LogP contribution in [0, 0.1) is 17.1 Å². The molecule has 0 spiro atoms. The second kappa shape index (κ2) is 9.01. The second-order valence-electron chi connectivity index (χ2n) is 5.40. The molecule has 2 aromatic carbocycles. The maximum absolute atomic E-state index is 13.6. The number of carboxylic acid groups (broad SMARTS) is 1. The van der Waals surface area contributed by atoms with Gasteiger partial charge in [0.1, 0.15) is 6.10 Å². The summed E-state index contributed by atoms with van der Waals surface area (Å²) in [6.07, 6.45) is 0.311. The van der Waals surface area contributed by atoms with E-state index in [9.17, 15) is 19.1 Å². The quantitative estimate of drug-likeness (QED) is 0.667. The third-order valence-corrected chi connectivity index (χ3v) is 3.46. The summed E-state index contributed by atoms with van der Waals surface area (Å²) in [6, 6.07) is 11.5. The Balaban J connectivity index is 2.14. The molecular weight excluding hydrogens is 355 g/mol. The van der Waals surface area contributed by atoms with Gasteiger partial charge in [0, 0.05) is 18.2 Å². The maximum Gasteiger partial charge on any atom is 0.412 e. The molecule has 0 radical (unpaired) electrons. The number of phenolic OH excluding ortho intramolecular Hbond substituents is 1. The zero-order valence-electron chi connectivity index (χ0n) is 13.9. The molecule has 0 aliphatic rings. The highest BCUT2D eigenvalue weighted by atomic mass is 19.1. The van der Waals surface area contributed by atoms with E-state index in [1.165, 1.54) is 36.4 Å². The van der Waals surface area contributed by atoms with Crippen LogP contribution in [0.5, 0.6) is 5.75 Å². The second-order valence-corrected chi connectivity index (χ2v) is 5.40. The summed E-state index contributed by atoms with van der Waals surface area (Å²) in [4.78, 5) is 22.7. The van der Waals surface area contributed by atoms with E-state index in [-0.39, 0.29) is 12.0 Å². The van der Waals surface area contributed by atoms with Crippen LogP contribution in [-0.4, -0.2) is 22.3 Å². The first kappa shape index (κ1) is 19.5. The van der Waals surface area contributed by atoms with Gasteiger partial charge in [-0.3, -0.25) is 5.32 Å². The molecule has 27 heavy (non-hydrogen) atoms. The minimum absolute atomic E-state index is 0.0166. The smallest absolute Gasteiger partial charge is 0.412 e. The topological polar surface area (TPSA) is 120 Å². The van der Waals surface area contributed by atoms with E-state index < -0.39 is 29.7 Å². The molecule has 0 aliphatic heterocycles. The molecule has 1 amide bonds. The molecule has 3 N–H and O–H groups in total. The third-order valence-electron chi connectivity index (χ3n) is 3.46. The van der Waals surface area contributed by atoms with E-state index in [0.717, 1.165) is 18.2 Å². The van der Waals surface area contributed by atoms with Gasteiger partial charge in [0.2, 0.25) is 0 Å². The Hall–Kier alpha value is -3.86. The third kappa shape index (κ3) is 5.86. The van der Waals surface area contributed by atoms with Gasteiger partial charge in [-0.25, -0.2) is 14.0 Å². The lowest BCUT2D eigenvalue weighted by atomic mass is 10.1. The van der Waals surface area contributed by atoms with Crippen molar-refractivity contribution in [3.8, 4) is 11.8 Å². The van der Waals surface area contributed by atoms with E-state index in [2.05, 4.69) is 5.32 Å². The molecule has 0 fully saturated rings. The Bertz CT molecular complexity index is 903. The highest BCUT2D eigenvalue weighted by Crippen LogP contribution is 2.26. The minimum Gasteiger partial charge on any atom is -0.505 e. The van der Waals surface area contributed by atoms with Crippen molar-refractivity contribution in [3.05, 3.63) is 71.6 Å². The number of nitrogens with zero attached hydrogens (tertiary/aromatic N) is 1. The minimum atomic E-state index is -1.17. The molecule has 0 bridgehead atoms. The van der Waals surface area contributed by atoms with Gasteiger partial charge in [0.05, 0.1) is 11.6 Å². The zero-order chi connectivity index (χ0) is 19.8. The number of rotatable bonds is 6. The largest absolute Gasteiger partial charge is 0.505 e. The Morgan fingerprint density at radius 1 is 1.26 bits per heavy atom. The number of carboxylic acids is 1. The zero-order valence-corrected chi connectivity index (χ0v) is 13.9. The molecule has 2 aromatic rings. The number of ether oxygens (including phenoxy) is 1. The number of nitriles is 1. The average Bonchev–Trinajstić information content (AvgIpc) is 2.63. The fourth-order valence-corrected chi connectivity index (χ4v) is 2.17. The number of aliphatic carboxylic acids is 1. The summed E-state index contributed by atoms with van der Waals surface area (Å²) in [5.74, 6) is -2.62. The van der Waals surface area contributed by atoms with E-state index >= 15 is 0 Å². The van der Waals surface area contributed by atoms with Crippen LogP contribution in [0.1, 0.15) is 23.7 Å². The normalized spacial score (nSPS) is 11.6. The molecule has 7 nitrogen and oxygen atoms in total. The van der Waals surface area contributed by atoms with Crippen molar-refractivity contribution in [2.75, 3.05) is 5.32 Å². The number of carbonyl (C=O) groups is 2. The maximum atomic E-state index is 13.6. The van der Waals surface area contributed by atoms with E-state index in [1.54, 1.807) is 0 Å². The van der Waals surface area contributed by atoms with Crippen molar-refractivity contribution in [1.82, 2.24) is 0 Å². The predicted octanol–water partition coefficient (Wildman–Crippen LogP) is 3.72. The van der Waals surface area contributed by atoms with Crippen LogP contribution in [0.15, 0.2) is 54.6 Å². The summed E-state index contributed by atoms with van der Waals surface area (Å²) in [5.41, 5.74) is 1.05. The van der Waals surface area contributed by atoms with Gasteiger partial charge in [0.25, 0.3) is 0 Å². The van der Waals surface area contributed by atoms with Crippen LogP contribution < -0.4 is 5.32 Å². The van der Waals surface area contributed by atoms with Crippen molar-refractivity contribution in [1.29, 1.82) is 5.26 Å². The summed E-state index contributed by atoms with van der Waals surface area (Å²) >= 11 is 0. The van der Waals surface area contributed by atoms with Crippen molar-refractivity contribution in [2.24, 2.45) is 0 Å². The summed E-state index contributed by atoms with van der Waals surface area (Å²) < 4.78 is 18.9.